The van der Waals surface area contributed by atoms with Crippen LogP contribution in [-0.4, -0.2) is 206 Å². The average Bonchev–Trinajstić information content (AvgIpc) is 2.19. The molecule has 0 unspecified atom stereocenters. The smallest absolute Gasteiger partial charge is 0.326 e. The fraction of sp³-hybridized carbons (Fsp3) is 0.700. The second-order valence-corrected chi connectivity index (χ2v) is 20.4. The maximum absolute atomic E-state index is 14.5. The van der Waals surface area contributed by atoms with E-state index in [1.165, 1.54) is 0 Å². The zero-order chi connectivity index (χ0) is 67.4. The minimum absolute atomic E-state index is 0.00172. The minimum Gasteiger partial charge on any atom is -0.480 e. The Kier molecular flexibility index (Phi) is 41.4. The number of aliphatic hydroxyl groups is 1. The molecule has 0 fully saturated rings. The number of nitrogens with one attached hydrogen (secondary N) is 8. The van der Waals surface area contributed by atoms with E-state index in [9.17, 15) is 58.2 Å². The van der Waals surface area contributed by atoms with Gasteiger partial charge in [-0.25, -0.2) is 4.79 Å². The minimum atomic E-state index is -1.86. The van der Waals surface area contributed by atoms with Gasteiger partial charge in [0.1, 0.15) is 48.3 Å². The molecule has 39 heteroatoms. The number of nitrogens with zero attached hydrogens (tertiary/aromatic N) is 5. The molecule has 0 aromatic heterocycles. The number of carboxylic acid groups (broad SMARTS) is 1. The van der Waals surface area contributed by atoms with Gasteiger partial charge in [-0.2, -0.15) is 0 Å². The Balaban J connectivity index is 7.13. The second kappa shape index (κ2) is 46.1. The summed E-state index contributed by atoms with van der Waals surface area (Å²) >= 11 is 0. The number of hydrogen-bond acceptors (Lipinski definition) is 19. The van der Waals surface area contributed by atoms with Gasteiger partial charge in [-0.05, 0) is 122 Å². The molecule has 89 heavy (non-hydrogen) atoms. The molecule has 0 spiro atoms. The molecule has 9 atom stereocenters. The molecular formula is C50H99N27O12. The van der Waals surface area contributed by atoms with Gasteiger partial charge in [-0.3, -0.25) is 68.1 Å². The zero-order valence-corrected chi connectivity index (χ0v) is 50.4. The van der Waals surface area contributed by atoms with Gasteiger partial charge in [0.15, 0.2) is 29.8 Å². The number of guanidine groups is 5. The lowest BCUT2D eigenvalue weighted by Gasteiger charge is -2.28. The summed E-state index contributed by atoms with van der Waals surface area (Å²) in [5, 5.41) is 40.2. The molecule has 0 aromatic carbocycles. The van der Waals surface area contributed by atoms with Crippen LogP contribution in [-0.2, 0) is 47.9 Å². The number of hydrogen-bond donors (Lipinski definition) is 24. The number of amides is 9. The predicted octanol–water partition coefficient (Wildman–Crippen LogP) is -10.9. The van der Waals surface area contributed by atoms with Crippen LogP contribution in [0.3, 0.4) is 0 Å². The number of carbonyl (C=O) groups excluding carboxylic acids is 9. The maximum atomic E-state index is 14.5. The summed E-state index contributed by atoms with van der Waals surface area (Å²) in [6, 6.07) is -13.2. The normalized spacial score (nSPS) is 13.8. The largest absolute Gasteiger partial charge is 0.480 e. The highest BCUT2D eigenvalue weighted by molar-refractivity contribution is 5.98. The van der Waals surface area contributed by atoms with Gasteiger partial charge in [0.25, 0.3) is 0 Å². The highest BCUT2D eigenvalue weighted by Crippen LogP contribution is 2.11. The van der Waals surface area contributed by atoms with Crippen molar-refractivity contribution in [3.63, 3.8) is 0 Å². The Morgan fingerprint density at radius 2 is 0.551 bits per heavy atom. The first-order valence-corrected chi connectivity index (χ1v) is 29.0. The van der Waals surface area contributed by atoms with E-state index >= 15 is 0 Å². The molecule has 0 saturated heterocycles. The Labute approximate surface area is 515 Å². The summed E-state index contributed by atoms with van der Waals surface area (Å²) in [6.45, 7) is -0.523. The number of aliphatic carboxylic acids is 1. The van der Waals surface area contributed by atoms with Gasteiger partial charge in [-0.1, -0.05) is 0 Å². The molecule has 0 rings (SSSR count). The second-order valence-electron chi connectivity index (χ2n) is 20.4. The van der Waals surface area contributed by atoms with E-state index in [1.54, 1.807) is 0 Å². The van der Waals surface area contributed by atoms with Crippen LogP contribution in [0.2, 0.25) is 0 Å². The molecule has 0 aliphatic carbocycles. The third kappa shape index (κ3) is 37.9. The molecule has 39 nitrogen and oxygen atoms in total. The van der Waals surface area contributed by atoms with Crippen LogP contribution in [0.25, 0.3) is 0 Å². The number of rotatable bonds is 49. The Bertz CT molecular complexity index is 2390. The van der Waals surface area contributed by atoms with Crippen LogP contribution < -0.4 is 123 Å². The summed E-state index contributed by atoms with van der Waals surface area (Å²) < 4.78 is 0. The number of unbranched alkanes of at least 4 members (excludes halogenated alkanes) is 2. The molecular weight excluding hydrogens is 1170 g/mol. The summed E-state index contributed by atoms with van der Waals surface area (Å²) in [6.07, 6.45) is 0.679. The van der Waals surface area contributed by atoms with E-state index in [0.29, 0.717) is 32.1 Å². The molecule has 9 amide bonds. The van der Waals surface area contributed by atoms with Gasteiger partial charge in [-0.15, -0.1) is 0 Å². The van der Waals surface area contributed by atoms with E-state index in [0.717, 1.165) is 0 Å². The van der Waals surface area contributed by atoms with Crippen molar-refractivity contribution in [1.29, 1.82) is 0 Å². The average molecular weight is 1270 g/mol. The molecule has 0 bridgehead atoms. The van der Waals surface area contributed by atoms with Gasteiger partial charge in [0.2, 0.25) is 53.2 Å². The van der Waals surface area contributed by atoms with Crippen molar-refractivity contribution in [2.24, 2.45) is 105 Å². The quantitative estimate of drug-likeness (QED) is 0.0153. The lowest BCUT2D eigenvalue weighted by molar-refractivity contribution is -0.142. The Morgan fingerprint density at radius 1 is 0.315 bits per heavy atom. The topological polar surface area (TPSA) is 733 Å². The molecule has 0 aliphatic rings. The maximum Gasteiger partial charge on any atom is 0.326 e. The fourth-order valence-electron chi connectivity index (χ4n) is 8.19. The highest BCUT2D eigenvalue weighted by Gasteiger charge is 2.35. The van der Waals surface area contributed by atoms with Crippen LogP contribution in [0, 0.1) is 0 Å². The first kappa shape index (κ1) is 79.9. The monoisotopic (exact) mass is 1270 g/mol. The molecule has 0 aromatic rings. The van der Waals surface area contributed by atoms with Crippen molar-refractivity contribution in [2.75, 3.05) is 52.4 Å². The third-order valence-corrected chi connectivity index (χ3v) is 12.9. The molecule has 0 radical (unpaired) electrons. The van der Waals surface area contributed by atoms with Crippen LogP contribution in [0.4, 0.5) is 0 Å². The van der Waals surface area contributed by atoms with Crippen molar-refractivity contribution in [1.82, 2.24) is 42.5 Å². The number of aliphatic imine (C=N–C) groups is 5. The summed E-state index contributed by atoms with van der Waals surface area (Å²) in [5.41, 5.74) is 77.5. The summed E-state index contributed by atoms with van der Waals surface area (Å²) in [7, 11) is 0. The van der Waals surface area contributed by atoms with E-state index in [4.69, 9.17) is 80.3 Å². The summed E-state index contributed by atoms with van der Waals surface area (Å²) in [4.78, 5) is 156. The lowest BCUT2D eigenvalue weighted by Crippen LogP contribution is -2.60. The number of carboxylic acids is 1. The molecule has 0 saturated carbocycles. The van der Waals surface area contributed by atoms with Gasteiger partial charge >= 0.3 is 5.97 Å². The first-order valence-electron chi connectivity index (χ1n) is 29.0. The SMILES string of the molecule is NCCCC[C@H](NC(=O)[C@H](N)CCCN=C(N)N)C(=O)N[C@@H](CCCCN)C(=O)N[C@@H](CCCN=C(N)N)C(=O)N[C@H](CCCN=C(N)N)C(=O)N[C@@H](CCC(N)=O)C(=O)N[C@@H](CO)C(=O)N[C@@H](CCCN=C(N)N)C(=O)N[C@H](CCCN=C(N)N)C(=O)O. The van der Waals surface area contributed by atoms with E-state index in [1.807, 2.05) is 0 Å². The van der Waals surface area contributed by atoms with Crippen molar-refractivity contribution < 1.29 is 58.2 Å². The van der Waals surface area contributed by atoms with Crippen molar-refractivity contribution in [3.8, 4) is 0 Å². The van der Waals surface area contributed by atoms with Crippen molar-refractivity contribution in [2.45, 2.75) is 170 Å². The van der Waals surface area contributed by atoms with Crippen molar-refractivity contribution in [3.05, 3.63) is 0 Å². The van der Waals surface area contributed by atoms with Crippen LogP contribution in [0.1, 0.15) is 116 Å². The Morgan fingerprint density at radius 3 is 0.820 bits per heavy atom. The van der Waals surface area contributed by atoms with Crippen LogP contribution in [0.15, 0.2) is 25.0 Å². The lowest BCUT2D eigenvalue weighted by atomic mass is 10.0. The van der Waals surface area contributed by atoms with Crippen LogP contribution in [0.5, 0.6) is 0 Å². The first-order chi connectivity index (χ1) is 42.1. The predicted molar refractivity (Wildman–Crippen MR) is 332 cm³/mol. The number of primary amides is 1. The molecule has 506 valence electrons. The fourth-order valence-corrected chi connectivity index (χ4v) is 8.19. The Hall–Kier alpha value is -9.11. The van der Waals surface area contributed by atoms with Crippen molar-refractivity contribution >= 4 is 88.9 Å². The van der Waals surface area contributed by atoms with Gasteiger partial charge < -0.3 is 133 Å². The summed E-state index contributed by atoms with van der Waals surface area (Å²) in [5.74, 6) is -11.2. The standard InChI is InChI=1S/C50H99N27O12/c51-19-3-1-11-28(70-37(80)27(53)10-5-21-65-46(55)56)38(81)71-29(12-2-4-20-52)39(82)72-30(13-6-22-66-47(57)58)40(83)73-31(14-7-23-67-48(59)60)41(84)75-33(17-18-36(54)79)43(86)77-35(26-78)44(87)74-32(15-8-24-68-49(61)62)42(85)76-34(45(88)89)16-9-25-69-50(63)64/h27-35,78H,1-26,51-53H2,(H2,54,79)(H,70,80)(H,71,81)(H,72,82)(H,73,83)(H,74,87)(H,75,84)(H,76,85)(H,77,86)(H,88,89)(H4,55,56,65)(H4,57,58,66)(H4,59,60,67)(H4,61,62,68)(H4,63,64,69)/t27-,28+,29+,30+,31-,32+,33+,34-,35+/m1/s1. The molecule has 0 aliphatic heterocycles. The van der Waals surface area contributed by atoms with E-state index in [-0.39, 0.29) is 146 Å². The number of carbonyl (C=O) groups is 10. The van der Waals surface area contributed by atoms with Crippen LogP contribution >= 0.6 is 0 Å². The number of nitrogens with two attached hydrogens (primary N) is 14. The van der Waals surface area contributed by atoms with E-state index in [2.05, 4.69) is 67.5 Å². The third-order valence-electron chi connectivity index (χ3n) is 12.9. The molecule has 0 heterocycles. The molecule has 38 N–H and O–H groups in total. The van der Waals surface area contributed by atoms with Gasteiger partial charge in [0.05, 0.1) is 12.6 Å². The van der Waals surface area contributed by atoms with E-state index < -0.39 is 133 Å². The van der Waals surface area contributed by atoms with Gasteiger partial charge in [0, 0.05) is 39.1 Å². The zero-order valence-electron chi connectivity index (χ0n) is 50.4. The highest BCUT2D eigenvalue weighted by atomic mass is 16.4. The number of aliphatic hydroxyl groups excluding tert-OH is 1.